The standard InChI is InChI=1S/C47H83NO7/c1-6-8-10-12-14-16-18-20-21-22-23-24-26-28-30-32-34-36-38-46(50)55-43(41-53-40-39-44(47(51)52)48(3,4)5)42-54-45(49)37-35-33-31-29-27-25-19-17-15-13-11-9-7-2/h11,13,16-19,21-22,43-44H,6-10,12,14-15,20,23-42H2,1-5H3/b13-11-,18-16-,19-17-,22-21-. The molecule has 0 aromatic heterocycles. The van der Waals surface area contributed by atoms with Crippen molar-refractivity contribution in [3.63, 3.8) is 0 Å². The Labute approximate surface area is 337 Å². The van der Waals surface area contributed by atoms with Gasteiger partial charge in [-0.3, -0.25) is 9.59 Å². The first kappa shape index (κ1) is 52.3. The molecule has 8 heteroatoms. The van der Waals surface area contributed by atoms with Crippen molar-refractivity contribution in [2.24, 2.45) is 0 Å². The van der Waals surface area contributed by atoms with Crippen LogP contribution in [0.5, 0.6) is 0 Å². The van der Waals surface area contributed by atoms with E-state index in [1.54, 1.807) is 21.1 Å². The predicted molar refractivity (Wildman–Crippen MR) is 226 cm³/mol. The van der Waals surface area contributed by atoms with E-state index in [4.69, 9.17) is 14.2 Å². The number of ether oxygens (including phenoxy) is 3. The van der Waals surface area contributed by atoms with Gasteiger partial charge < -0.3 is 28.6 Å². The van der Waals surface area contributed by atoms with E-state index in [0.29, 0.717) is 12.8 Å². The van der Waals surface area contributed by atoms with Gasteiger partial charge in [-0.05, 0) is 70.6 Å². The van der Waals surface area contributed by atoms with E-state index in [1.165, 1.54) is 64.2 Å². The van der Waals surface area contributed by atoms with Crippen LogP contribution in [0, 0.1) is 0 Å². The van der Waals surface area contributed by atoms with E-state index in [-0.39, 0.29) is 42.7 Å². The maximum atomic E-state index is 12.7. The fourth-order valence-corrected chi connectivity index (χ4v) is 6.20. The third-order valence-corrected chi connectivity index (χ3v) is 9.67. The number of aliphatic carboxylic acids is 1. The Hall–Kier alpha value is -2.71. The van der Waals surface area contributed by atoms with Crippen molar-refractivity contribution in [2.75, 3.05) is 41.0 Å². The molecule has 8 nitrogen and oxygen atoms in total. The lowest BCUT2D eigenvalue weighted by Crippen LogP contribution is -2.55. The van der Waals surface area contributed by atoms with Crippen molar-refractivity contribution in [1.82, 2.24) is 0 Å². The van der Waals surface area contributed by atoms with Crippen molar-refractivity contribution in [1.29, 1.82) is 0 Å². The summed E-state index contributed by atoms with van der Waals surface area (Å²) in [5.74, 6) is -1.77. The Bertz CT molecular complexity index is 1040. The van der Waals surface area contributed by atoms with Crippen LogP contribution in [0.2, 0.25) is 0 Å². The van der Waals surface area contributed by atoms with Crippen molar-refractivity contribution >= 4 is 17.9 Å². The molecule has 0 aliphatic rings. The van der Waals surface area contributed by atoms with Gasteiger partial charge in [0, 0.05) is 19.3 Å². The summed E-state index contributed by atoms with van der Waals surface area (Å²) in [7, 11) is 5.40. The number of esters is 2. The van der Waals surface area contributed by atoms with Crippen LogP contribution in [0.15, 0.2) is 48.6 Å². The SMILES string of the molecule is CCC/C=C\C/C=C\CCCCCCCC(=O)OCC(COCCC(C(=O)[O-])[N+](C)(C)C)OC(=O)CCCCCCCCC/C=C\C/C=C\CCCCCC. The number of hydrogen-bond donors (Lipinski definition) is 0. The highest BCUT2D eigenvalue weighted by Gasteiger charge is 2.25. The Kier molecular flexibility index (Phi) is 36.3. The second-order valence-corrected chi connectivity index (χ2v) is 15.9. The number of nitrogens with zero attached hydrogens (tertiary/aromatic N) is 1. The number of carbonyl (C=O) groups is 3. The maximum Gasteiger partial charge on any atom is 0.306 e. The minimum Gasteiger partial charge on any atom is -0.544 e. The minimum absolute atomic E-state index is 0.0322. The Morgan fingerprint density at radius 3 is 1.47 bits per heavy atom. The van der Waals surface area contributed by atoms with Crippen LogP contribution < -0.4 is 5.11 Å². The van der Waals surface area contributed by atoms with E-state index in [9.17, 15) is 19.5 Å². The van der Waals surface area contributed by atoms with E-state index in [1.807, 2.05) is 0 Å². The third-order valence-electron chi connectivity index (χ3n) is 9.67. The number of carbonyl (C=O) groups excluding carboxylic acids is 3. The molecule has 2 atom stereocenters. The van der Waals surface area contributed by atoms with E-state index in [2.05, 4.69) is 62.5 Å². The van der Waals surface area contributed by atoms with E-state index < -0.39 is 18.1 Å². The minimum atomic E-state index is -1.13. The fraction of sp³-hybridized carbons (Fsp3) is 0.766. The lowest BCUT2D eigenvalue weighted by molar-refractivity contribution is -0.889. The summed E-state index contributed by atoms with van der Waals surface area (Å²) < 4.78 is 17.1. The van der Waals surface area contributed by atoms with Gasteiger partial charge in [-0.25, -0.2) is 0 Å². The number of quaternary nitrogens is 1. The summed E-state index contributed by atoms with van der Waals surface area (Å²) in [6.07, 6.45) is 44.1. The number of carboxylic acid groups (broad SMARTS) is 1. The highest BCUT2D eigenvalue weighted by atomic mass is 16.6. The Morgan fingerprint density at radius 1 is 0.545 bits per heavy atom. The fourth-order valence-electron chi connectivity index (χ4n) is 6.20. The largest absolute Gasteiger partial charge is 0.544 e. The topological polar surface area (TPSA) is 102 Å². The van der Waals surface area contributed by atoms with Crippen LogP contribution in [0.4, 0.5) is 0 Å². The summed E-state index contributed by atoms with van der Waals surface area (Å²) in [6, 6.07) is -0.730. The number of rotatable bonds is 39. The zero-order valence-electron chi connectivity index (χ0n) is 36.1. The number of unbranched alkanes of at least 4 members (excludes halogenated alkanes) is 17. The van der Waals surface area contributed by atoms with Crippen LogP contribution in [-0.2, 0) is 28.6 Å². The highest BCUT2D eigenvalue weighted by molar-refractivity contribution is 5.70. The summed E-state index contributed by atoms with van der Waals surface area (Å²) in [5.41, 5.74) is 0. The zero-order valence-corrected chi connectivity index (χ0v) is 36.1. The highest BCUT2D eigenvalue weighted by Crippen LogP contribution is 2.13. The van der Waals surface area contributed by atoms with Crippen LogP contribution >= 0.6 is 0 Å². The molecular formula is C47H83NO7. The van der Waals surface area contributed by atoms with Gasteiger partial charge in [-0.2, -0.15) is 0 Å². The first-order valence-electron chi connectivity index (χ1n) is 22.2. The van der Waals surface area contributed by atoms with E-state index in [0.717, 1.165) is 83.5 Å². The summed E-state index contributed by atoms with van der Waals surface area (Å²) >= 11 is 0. The number of carboxylic acids is 1. The molecule has 0 aliphatic carbocycles. The third kappa shape index (κ3) is 36.7. The number of allylic oxidation sites excluding steroid dienone is 8. The van der Waals surface area contributed by atoms with Gasteiger partial charge >= 0.3 is 11.9 Å². The first-order valence-corrected chi connectivity index (χ1v) is 22.2. The average Bonchev–Trinajstić information content (AvgIpc) is 3.14. The monoisotopic (exact) mass is 774 g/mol. The molecule has 0 bridgehead atoms. The lowest BCUT2D eigenvalue weighted by Gasteiger charge is -2.34. The molecule has 0 spiro atoms. The van der Waals surface area contributed by atoms with Gasteiger partial charge in [0.25, 0.3) is 0 Å². The van der Waals surface area contributed by atoms with Gasteiger partial charge in [-0.1, -0.05) is 140 Å². The summed E-state index contributed by atoms with van der Waals surface area (Å²) in [6.45, 7) is 4.55. The number of hydrogen-bond acceptors (Lipinski definition) is 7. The van der Waals surface area contributed by atoms with Gasteiger partial charge in [0.05, 0.1) is 40.3 Å². The quantitative estimate of drug-likeness (QED) is 0.0265. The maximum absolute atomic E-state index is 12.7. The molecule has 0 heterocycles. The summed E-state index contributed by atoms with van der Waals surface area (Å²) in [4.78, 5) is 36.8. The van der Waals surface area contributed by atoms with Crippen LogP contribution in [0.1, 0.15) is 181 Å². The second kappa shape index (κ2) is 38.2. The van der Waals surface area contributed by atoms with Crippen molar-refractivity contribution < 1.29 is 38.2 Å². The zero-order chi connectivity index (χ0) is 40.7. The molecule has 0 fully saturated rings. The molecule has 0 radical (unpaired) electrons. The number of likely N-dealkylation sites (N-methyl/N-ethyl adjacent to an activating group) is 1. The van der Waals surface area contributed by atoms with Crippen molar-refractivity contribution in [3.8, 4) is 0 Å². The predicted octanol–water partition coefficient (Wildman–Crippen LogP) is 10.7. The first-order chi connectivity index (χ1) is 26.6. The van der Waals surface area contributed by atoms with Crippen LogP contribution in [0.25, 0.3) is 0 Å². The summed E-state index contributed by atoms with van der Waals surface area (Å²) in [5, 5.41) is 11.6. The smallest absolute Gasteiger partial charge is 0.306 e. The molecule has 0 aromatic rings. The van der Waals surface area contributed by atoms with Crippen molar-refractivity contribution in [2.45, 2.75) is 193 Å². The molecule has 0 amide bonds. The molecule has 0 aliphatic heterocycles. The Balaban J connectivity index is 4.37. The molecule has 0 saturated heterocycles. The molecule has 2 unspecified atom stereocenters. The van der Waals surface area contributed by atoms with Crippen LogP contribution in [0.3, 0.4) is 0 Å². The van der Waals surface area contributed by atoms with Crippen molar-refractivity contribution in [3.05, 3.63) is 48.6 Å². The van der Waals surface area contributed by atoms with Gasteiger partial charge in [0.2, 0.25) is 0 Å². The molecule has 0 saturated carbocycles. The average molecular weight is 774 g/mol. The molecule has 0 N–H and O–H groups in total. The normalized spacial score (nSPS) is 13.4. The molecular weight excluding hydrogens is 691 g/mol. The Morgan fingerprint density at radius 2 is 1.00 bits per heavy atom. The lowest BCUT2D eigenvalue weighted by atomic mass is 10.1. The second-order valence-electron chi connectivity index (χ2n) is 15.9. The van der Waals surface area contributed by atoms with Crippen LogP contribution in [-0.4, -0.2) is 75.5 Å². The van der Waals surface area contributed by atoms with Gasteiger partial charge in [0.1, 0.15) is 12.6 Å². The molecule has 318 valence electrons. The molecule has 0 rings (SSSR count). The van der Waals surface area contributed by atoms with Gasteiger partial charge in [0.15, 0.2) is 6.10 Å². The molecule has 0 aromatic carbocycles. The molecule has 55 heavy (non-hydrogen) atoms. The van der Waals surface area contributed by atoms with Gasteiger partial charge in [-0.15, -0.1) is 0 Å². The van der Waals surface area contributed by atoms with E-state index >= 15 is 0 Å².